The van der Waals surface area contributed by atoms with E-state index in [4.69, 9.17) is 4.42 Å². The van der Waals surface area contributed by atoms with Crippen molar-refractivity contribution in [1.29, 1.82) is 0 Å². The van der Waals surface area contributed by atoms with E-state index in [0.717, 1.165) is 11.1 Å². The first-order chi connectivity index (χ1) is 8.16. The molecule has 17 heavy (non-hydrogen) atoms. The van der Waals surface area contributed by atoms with Crippen LogP contribution in [-0.2, 0) is 0 Å². The molecule has 5 heteroatoms. The van der Waals surface area contributed by atoms with Gasteiger partial charge in [-0.25, -0.2) is 0 Å². The lowest BCUT2D eigenvalue weighted by atomic mass is 10.1. The molecule has 0 saturated carbocycles. The van der Waals surface area contributed by atoms with Crippen molar-refractivity contribution in [2.75, 3.05) is 0 Å². The van der Waals surface area contributed by atoms with E-state index in [2.05, 4.69) is 4.98 Å². The van der Waals surface area contributed by atoms with Gasteiger partial charge in [-0.05, 0) is 42.3 Å². The largest absolute Gasteiger partial charge is 0.433 e. The number of furan rings is 1. The van der Waals surface area contributed by atoms with E-state index < -0.39 is 4.92 Å². The van der Waals surface area contributed by atoms with Gasteiger partial charge in [0.1, 0.15) is 10.7 Å². The summed E-state index contributed by atoms with van der Waals surface area (Å²) in [5.41, 5.74) is 1.95. The SMILES string of the molecule is C/C(=C\c1ccc([N+](=O)[O-])o1)c1ccncc1. The van der Waals surface area contributed by atoms with Gasteiger partial charge in [0.2, 0.25) is 0 Å². The van der Waals surface area contributed by atoms with Crippen LogP contribution in [0.3, 0.4) is 0 Å². The summed E-state index contributed by atoms with van der Waals surface area (Å²) in [6.45, 7) is 1.91. The van der Waals surface area contributed by atoms with E-state index in [-0.39, 0.29) is 5.88 Å². The van der Waals surface area contributed by atoms with Crippen LogP contribution in [0, 0.1) is 10.1 Å². The molecule has 0 aliphatic heterocycles. The second-order valence-electron chi connectivity index (χ2n) is 3.50. The van der Waals surface area contributed by atoms with Crippen molar-refractivity contribution in [2.24, 2.45) is 0 Å². The summed E-state index contributed by atoms with van der Waals surface area (Å²) < 4.78 is 5.05. The third-order valence-electron chi connectivity index (χ3n) is 2.29. The third-order valence-corrected chi connectivity index (χ3v) is 2.29. The van der Waals surface area contributed by atoms with Crippen molar-refractivity contribution in [2.45, 2.75) is 6.92 Å². The molecule has 0 N–H and O–H groups in total. The molecular formula is C12H10N2O3. The fourth-order valence-corrected chi connectivity index (χ4v) is 1.43. The van der Waals surface area contributed by atoms with Crippen LogP contribution >= 0.6 is 0 Å². The number of hydrogen-bond acceptors (Lipinski definition) is 4. The summed E-state index contributed by atoms with van der Waals surface area (Å²) in [7, 11) is 0. The Bertz CT molecular complexity index is 558. The van der Waals surface area contributed by atoms with Crippen molar-refractivity contribution in [3.05, 3.63) is 58.1 Å². The summed E-state index contributed by atoms with van der Waals surface area (Å²) in [5, 5.41) is 10.5. The first-order valence-corrected chi connectivity index (χ1v) is 5.00. The molecular weight excluding hydrogens is 220 g/mol. The highest BCUT2D eigenvalue weighted by atomic mass is 16.6. The molecule has 2 heterocycles. The van der Waals surface area contributed by atoms with Gasteiger partial charge < -0.3 is 4.42 Å². The van der Waals surface area contributed by atoms with E-state index in [1.54, 1.807) is 24.5 Å². The summed E-state index contributed by atoms with van der Waals surface area (Å²) in [5.74, 6) is 0.213. The standard InChI is InChI=1S/C12H10N2O3/c1-9(10-4-6-13-7-5-10)8-11-2-3-12(17-11)14(15)16/h2-8H,1H3/b9-8+. The predicted molar refractivity (Wildman–Crippen MR) is 63.1 cm³/mol. The van der Waals surface area contributed by atoms with Gasteiger partial charge in [0.25, 0.3) is 0 Å². The van der Waals surface area contributed by atoms with E-state index >= 15 is 0 Å². The topological polar surface area (TPSA) is 69.2 Å². The predicted octanol–water partition coefficient (Wildman–Crippen LogP) is 3.14. The number of aromatic nitrogens is 1. The fraction of sp³-hybridized carbons (Fsp3) is 0.0833. The fourth-order valence-electron chi connectivity index (χ4n) is 1.43. The van der Waals surface area contributed by atoms with Crippen LogP contribution in [-0.4, -0.2) is 9.91 Å². The highest BCUT2D eigenvalue weighted by molar-refractivity contribution is 5.78. The van der Waals surface area contributed by atoms with Crippen LogP contribution in [0.25, 0.3) is 11.6 Å². The summed E-state index contributed by atoms with van der Waals surface area (Å²) in [4.78, 5) is 13.8. The monoisotopic (exact) mass is 230 g/mol. The van der Waals surface area contributed by atoms with Gasteiger partial charge in [-0.15, -0.1) is 0 Å². The van der Waals surface area contributed by atoms with Gasteiger partial charge in [0, 0.05) is 12.4 Å². The summed E-state index contributed by atoms with van der Waals surface area (Å²) >= 11 is 0. The zero-order chi connectivity index (χ0) is 12.3. The maximum Gasteiger partial charge on any atom is 0.433 e. The normalized spacial score (nSPS) is 11.5. The maximum atomic E-state index is 10.5. The molecule has 2 rings (SSSR count). The van der Waals surface area contributed by atoms with E-state index in [9.17, 15) is 10.1 Å². The smallest absolute Gasteiger partial charge is 0.401 e. The van der Waals surface area contributed by atoms with Crippen LogP contribution < -0.4 is 0 Å². The minimum absolute atomic E-state index is 0.251. The molecule has 0 aliphatic rings. The van der Waals surface area contributed by atoms with Gasteiger partial charge in [-0.1, -0.05) is 0 Å². The van der Waals surface area contributed by atoms with Crippen LogP contribution in [0.2, 0.25) is 0 Å². The average Bonchev–Trinajstić information content (AvgIpc) is 2.79. The molecule has 0 aliphatic carbocycles. The van der Waals surface area contributed by atoms with E-state index in [1.807, 2.05) is 19.1 Å². The number of nitro groups is 1. The Morgan fingerprint density at radius 1 is 1.35 bits per heavy atom. The number of rotatable bonds is 3. The number of allylic oxidation sites excluding steroid dienone is 1. The van der Waals surface area contributed by atoms with Gasteiger partial charge in [-0.3, -0.25) is 15.1 Å². The molecule has 0 atom stereocenters. The van der Waals surface area contributed by atoms with Crippen LogP contribution in [0.1, 0.15) is 18.2 Å². The number of pyridine rings is 1. The van der Waals surface area contributed by atoms with Crippen molar-refractivity contribution < 1.29 is 9.34 Å². The minimum Gasteiger partial charge on any atom is -0.401 e. The first-order valence-electron chi connectivity index (χ1n) is 5.00. The Morgan fingerprint density at radius 2 is 2.06 bits per heavy atom. The van der Waals surface area contributed by atoms with Gasteiger partial charge in [0.15, 0.2) is 0 Å². The van der Waals surface area contributed by atoms with Crippen LogP contribution in [0.4, 0.5) is 5.88 Å². The maximum absolute atomic E-state index is 10.5. The molecule has 0 amide bonds. The van der Waals surface area contributed by atoms with Crippen molar-refractivity contribution in [1.82, 2.24) is 4.98 Å². The number of hydrogen-bond donors (Lipinski definition) is 0. The third kappa shape index (κ3) is 2.57. The molecule has 0 unspecified atom stereocenters. The van der Waals surface area contributed by atoms with Crippen LogP contribution in [0.5, 0.6) is 0 Å². The molecule has 2 aromatic rings. The molecule has 2 aromatic heterocycles. The Balaban J connectivity index is 2.27. The molecule has 86 valence electrons. The lowest BCUT2D eigenvalue weighted by Gasteiger charge is -1.98. The lowest BCUT2D eigenvalue weighted by molar-refractivity contribution is -0.402. The Labute approximate surface area is 97.6 Å². The molecule has 0 bridgehead atoms. The van der Waals surface area contributed by atoms with E-state index in [0.29, 0.717) is 5.76 Å². The second-order valence-corrected chi connectivity index (χ2v) is 3.50. The van der Waals surface area contributed by atoms with E-state index in [1.165, 1.54) is 6.07 Å². The van der Waals surface area contributed by atoms with Gasteiger partial charge >= 0.3 is 5.88 Å². The minimum atomic E-state index is -0.556. The molecule has 0 radical (unpaired) electrons. The molecule has 0 saturated heterocycles. The Hall–Kier alpha value is -2.43. The molecule has 0 fully saturated rings. The van der Waals surface area contributed by atoms with Crippen molar-refractivity contribution in [3.63, 3.8) is 0 Å². The Morgan fingerprint density at radius 3 is 2.65 bits per heavy atom. The molecule has 5 nitrogen and oxygen atoms in total. The lowest BCUT2D eigenvalue weighted by Crippen LogP contribution is -1.82. The number of nitrogens with zero attached hydrogens (tertiary/aromatic N) is 2. The average molecular weight is 230 g/mol. The van der Waals surface area contributed by atoms with Crippen molar-refractivity contribution >= 4 is 17.5 Å². The quantitative estimate of drug-likeness (QED) is 0.600. The first kappa shape index (κ1) is 11.1. The zero-order valence-corrected chi connectivity index (χ0v) is 9.16. The van der Waals surface area contributed by atoms with Crippen molar-refractivity contribution in [3.8, 4) is 0 Å². The summed E-state index contributed by atoms with van der Waals surface area (Å²) in [6.07, 6.45) is 5.14. The zero-order valence-electron chi connectivity index (χ0n) is 9.16. The van der Waals surface area contributed by atoms with Crippen LogP contribution in [0.15, 0.2) is 41.1 Å². The molecule has 0 spiro atoms. The highest BCUT2D eigenvalue weighted by Gasteiger charge is 2.10. The van der Waals surface area contributed by atoms with Gasteiger partial charge in [-0.2, -0.15) is 0 Å². The summed E-state index contributed by atoms with van der Waals surface area (Å²) in [6, 6.07) is 6.64. The Kier molecular flexibility index (Phi) is 3.00. The van der Waals surface area contributed by atoms with Gasteiger partial charge in [0.05, 0.1) is 6.07 Å². The molecule has 0 aromatic carbocycles. The second kappa shape index (κ2) is 4.61. The highest BCUT2D eigenvalue weighted by Crippen LogP contribution is 2.21.